The predicted molar refractivity (Wildman–Crippen MR) is 113 cm³/mol. The van der Waals surface area contributed by atoms with Crippen molar-refractivity contribution in [1.82, 2.24) is 10.2 Å². The molecule has 1 N–H and O–H groups in total. The number of anilines is 1. The predicted octanol–water partition coefficient (Wildman–Crippen LogP) is 3.11. The Morgan fingerprint density at radius 3 is 2.45 bits per heavy atom. The number of nitrogens with one attached hydrogen (secondary N) is 1. The number of nitrogens with zero attached hydrogens (tertiary/aromatic N) is 2. The first-order chi connectivity index (χ1) is 14.6. The van der Waals surface area contributed by atoms with Gasteiger partial charge in [0.15, 0.2) is 0 Å². The van der Waals surface area contributed by atoms with E-state index in [0.29, 0.717) is 62.9 Å². The van der Waals surface area contributed by atoms with Gasteiger partial charge in [0.05, 0.1) is 0 Å². The molecule has 3 aliphatic rings. The Kier molecular flexibility index (Phi) is 5.66. The first-order valence-electron chi connectivity index (χ1n) is 11.0. The zero-order valence-electron chi connectivity index (χ0n) is 18.4. The second-order valence-electron chi connectivity index (χ2n) is 9.62. The monoisotopic (exact) mass is 431 g/mol. The minimum atomic E-state index is -0.533. The van der Waals surface area contributed by atoms with Gasteiger partial charge in [-0.2, -0.15) is 0 Å². The standard InChI is InChI=1S/C23H30FN3O4/c1-23(2,3)31-22(30)26-11-8-14(9-12-26)15-4-5-17-16(20(15)24)10-13-27(17)18-6-7-19(28)25-21(18)29/h4-5,14,18H,6-13H2,1-3H3,(H,25,28,29)/t18-/m0/s1. The quantitative estimate of drug-likeness (QED) is 0.728. The van der Waals surface area contributed by atoms with E-state index in [1.165, 1.54) is 0 Å². The second-order valence-corrected chi connectivity index (χ2v) is 9.62. The van der Waals surface area contributed by atoms with Crippen molar-refractivity contribution < 1.29 is 23.5 Å². The molecule has 0 unspecified atom stereocenters. The van der Waals surface area contributed by atoms with Gasteiger partial charge < -0.3 is 14.5 Å². The van der Waals surface area contributed by atoms with Crippen LogP contribution in [0.4, 0.5) is 14.9 Å². The molecule has 1 aromatic carbocycles. The number of likely N-dealkylation sites (tertiary alicyclic amines) is 1. The number of amides is 3. The molecular formula is C23H30FN3O4. The number of carbonyl (C=O) groups is 3. The number of piperidine rings is 2. The molecule has 0 saturated carbocycles. The van der Waals surface area contributed by atoms with Crippen molar-refractivity contribution in [3.05, 3.63) is 29.1 Å². The van der Waals surface area contributed by atoms with Crippen LogP contribution in [0.5, 0.6) is 0 Å². The third-order valence-corrected chi connectivity index (χ3v) is 6.33. The average molecular weight is 432 g/mol. The van der Waals surface area contributed by atoms with Crippen LogP contribution in [-0.4, -0.2) is 54.1 Å². The van der Waals surface area contributed by atoms with Gasteiger partial charge in [0.2, 0.25) is 11.8 Å². The molecule has 3 heterocycles. The third-order valence-electron chi connectivity index (χ3n) is 6.33. The Morgan fingerprint density at radius 2 is 1.81 bits per heavy atom. The molecule has 0 aliphatic carbocycles. The second kappa shape index (κ2) is 8.13. The molecular weight excluding hydrogens is 401 g/mol. The molecule has 1 aromatic rings. The first-order valence-corrected chi connectivity index (χ1v) is 11.0. The van der Waals surface area contributed by atoms with Gasteiger partial charge in [0, 0.05) is 37.3 Å². The molecule has 3 amide bonds. The summed E-state index contributed by atoms with van der Waals surface area (Å²) in [6.07, 6.45) is 2.36. The molecule has 31 heavy (non-hydrogen) atoms. The van der Waals surface area contributed by atoms with Gasteiger partial charge >= 0.3 is 6.09 Å². The summed E-state index contributed by atoms with van der Waals surface area (Å²) in [4.78, 5) is 39.6. The number of hydrogen-bond donors (Lipinski definition) is 1. The van der Waals surface area contributed by atoms with Crippen molar-refractivity contribution in [2.24, 2.45) is 0 Å². The number of benzene rings is 1. The zero-order valence-corrected chi connectivity index (χ0v) is 18.4. The Balaban J connectivity index is 1.45. The van der Waals surface area contributed by atoms with Crippen LogP contribution in [0.1, 0.15) is 63.5 Å². The van der Waals surface area contributed by atoms with Crippen LogP contribution >= 0.6 is 0 Å². The topological polar surface area (TPSA) is 79.0 Å². The van der Waals surface area contributed by atoms with Crippen molar-refractivity contribution >= 4 is 23.6 Å². The third kappa shape index (κ3) is 4.38. The lowest BCUT2D eigenvalue weighted by molar-refractivity contribution is -0.134. The lowest BCUT2D eigenvalue weighted by Gasteiger charge is -2.34. The van der Waals surface area contributed by atoms with Crippen LogP contribution in [0.3, 0.4) is 0 Å². The highest BCUT2D eigenvalue weighted by molar-refractivity contribution is 6.01. The van der Waals surface area contributed by atoms with E-state index in [4.69, 9.17) is 4.74 Å². The lowest BCUT2D eigenvalue weighted by Crippen LogP contribution is -2.52. The summed E-state index contributed by atoms with van der Waals surface area (Å²) in [5.41, 5.74) is 1.56. The van der Waals surface area contributed by atoms with Gasteiger partial charge in [-0.3, -0.25) is 14.9 Å². The molecule has 4 rings (SSSR count). The highest BCUT2D eigenvalue weighted by Gasteiger charge is 2.37. The minimum Gasteiger partial charge on any atom is -0.444 e. The summed E-state index contributed by atoms with van der Waals surface area (Å²) < 4.78 is 20.9. The molecule has 2 saturated heterocycles. The normalized spacial score (nSPS) is 22.4. The van der Waals surface area contributed by atoms with Gasteiger partial charge in [-0.05, 0) is 64.0 Å². The van der Waals surface area contributed by atoms with Gasteiger partial charge in [-0.1, -0.05) is 6.07 Å². The fraction of sp³-hybridized carbons (Fsp3) is 0.609. The van der Waals surface area contributed by atoms with Crippen molar-refractivity contribution in [3.63, 3.8) is 0 Å². The number of fused-ring (bicyclic) bond motifs is 1. The molecule has 3 aliphatic heterocycles. The van der Waals surface area contributed by atoms with E-state index in [1.807, 2.05) is 37.8 Å². The maximum absolute atomic E-state index is 15.4. The highest BCUT2D eigenvalue weighted by atomic mass is 19.1. The average Bonchev–Trinajstić information content (AvgIpc) is 3.12. The van der Waals surface area contributed by atoms with E-state index in [-0.39, 0.29) is 29.6 Å². The molecule has 0 bridgehead atoms. The van der Waals surface area contributed by atoms with Crippen LogP contribution in [-0.2, 0) is 20.7 Å². The van der Waals surface area contributed by atoms with Gasteiger partial charge in [-0.25, -0.2) is 9.18 Å². The van der Waals surface area contributed by atoms with Crippen LogP contribution in [0.25, 0.3) is 0 Å². The first kappa shape index (κ1) is 21.6. The van der Waals surface area contributed by atoms with E-state index in [1.54, 1.807) is 4.90 Å². The number of ether oxygens (including phenoxy) is 1. The Labute approximate surface area is 181 Å². The SMILES string of the molecule is CC(C)(C)OC(=O)N1CCC(c2ccc3c(c2F)CCN3[C@H]2CCC(=O)NC2=O)CC1. The van der Waals surface area contributed by atoms with Crippen LogP contribution in [0.15, 0.2) is 12.1 Å². The molecule has 0 spiro atoms. The van der Waals surface area contributed by atoms with Crippen LogP contribution < -0.4 is 10.2 Å². The van der Waals surface area contributed by atoms with Crippen molar-refractivity contribution in [3.8, 4) is 0 Å². The number of imide groups is 1. The Morgan fingerprint density at radius 1 is 1.10 bits per heavy atom. The van der Waals surface area contributed by atoms with E-state index in [0.717, 1.165) is 5.69 Å². The number of carbonyl (C=O) groups excluding carboxylic acids is 3. The van der Waals surface area contributed by atoms with Gasteiger partial charge in [-0.15, -0.1) is 0 Å². The summed E-state index contributed by atoms with van der Waals surface area (Å²) in [5.74, 6) is -0.695. The maximum atomic E-state index is 15.4. The van der Waals surface area contributed by atoms with E-state index in [2.05, 4.69) is 5.32 Å². The molecule has 7 nitrogen and oxygen atoms in total. The summed E-state index contributed by atoms with van der Waals surface area (Å²) in [5, 5.41) is 2.39. The van der Waals surface area contributed by atoms with E-state index in [9.17, 15) is 14.4 Å². The van der Waals surface area contributed by atoms with Crippen LogP contribution in [0, 0.1) is 5.82 Å². The fourth-order valence-corrected chi connectivity index (χ4v) is 4.81. The molecule has 2 fully saturated rings. The summed E-state index contributed by atoms with van der Waals surface area (Å²) in [6, 6.07) is 3.30. The zero-order chi connectivity index (χ0) is 22.3. The number of halogens is 1. The van der Waals surface area contributed by atoms with Crippen molar-refractivity contribution in [2.45, 2.75) is 70.4 Å². The minimum absolute atomic E-state index is 0.0497. The van der Waals surface area contributed by atoms with E-state index >= 15 is 4.39 Å². The largest absolute Gasteiger partial charge is 0.444 e. The molecule has 0 radical (unpaired) electrons. The number of hydrogen-bond acceptors (Lipinski definition) is 5. The molecule has 1 atom stereocenters. The van der Waals surface area contributed by atoms with Crippen molar-refractivity contribution in [2.75, 3.05) is 24.5 Å². The molecule has 8 heteroatoms. The summed E-state index contributed by atoms with van der Waals surface area (Å²) in [6.45, 7) is 7.18. The summed E-state index contributed by atoms with van der Waals surface area (Å²) >= 11 is 0. The maximum Gasteiger partial charge on any atom is 0.410 e. The highest BCUT2D eigenvalue weighted by Crippen LogP contribution is 2.39. The smallest absolute Gasteiger partial charge is 0.410 e. The lowest BCUT2D eigenvalue weighted by atomic mass is 9.87. The summed E-state index contributed by atoms with van der Waals surface area (Å²) in [7, 11) is 0. The Bertz CT molecular complexity index is 903. The van der Waals surface area contributed by atoms with Crippen molar-refractivity contribution in [1.29, 1.82) is 0 Å². The van der Waals surface area contributed by atoms with Gasteiger partial charge in [0.25, 0.3) is 0 Å². The van der Waals surface area contributed by atoms with Crippen LogP contribution in [0.2, 0.25) is 0 Å². The molecule has 0 aromatic heterocycles. The number of rotatable bonds is 2. The van der Waals surface area contributed by atoms with Gasteiger partial charge in [0.1, 0.15) is 17.5 Å². The Hall–Kier alpha value is -2.64. The van der Waals surface area contributed by atoms with E-state index < -0.39 is 11.6 Å². The molecule has 168 valence electrons. The fourth-order valence-electron chi connectivity index (χ4n) is 4.81.